The van der Waals surface area contributed by atoms with Gasteiger partial charge in [0.1, 0.15) is 24.0 Å². The van der Waals surface area contributed by atoms with Gasteiger partial charge in [0.15, 0.2) is 0 Å². The number of aromatic nitrogens is 2. The van der Waals surface area contributed by atoms with Crippen LogP contribution in [0.1, 0.15) is 17.1 Å². The molecule has 0 atom stereocenters. The maximum atomic E-state index is 12.1. The zero-order chi connectivity index (χ0) is 15.2. The number of halogens is 2. The Bertz CT molecular complexity index is 585. The van der Waals surface area contributed by atoms with Crippen molar-refractivity contribution in [1.29, 1.82) is 0 Å². The van der Waals surface area contributed by atoms with Crippen molar-refractivity contribution in [2.45, 2.75) is 26.8 Å². The Morgan fingerprint density at radius 3 is 2.71 bits per heavy atom. The Labute approximate surface area is 122 Å². The fourth-order valence-corrected chi connectivity index (χ4v) is 1.90. The Morgan fingerprint density at radius 1 is 1.19 bits per heavy atom. The highest BCUT2D eigenvalue weighted by Crippen LogP contribution is 2.15. The highest BCUT2D eigenvalue weighted by molar-refractivity contribution is 5.38. The highest BCUT2D eigenvalue weighted by Gasteiger charge is 2.04. The van der Waals surface area contributed by atoms with Crippen LogP contribution >= 0.6 is 0 Å². The van der Waals surface area contributed by atoms with Crippen molar-refractivity contribution in [3.63, 3.8) is 0 Å². The van der Waals surface area contributed by atoms with Crippen LogP contribution in [-0.2, 0) is 6.54 Å². The molecule has 0 bridgehead atoms. The van der Waals surface area contributed by atoms with Gasteiger partial charge in [0.2, 0.25) is 0 Å². The fourth-order valence-electron chi connectivity index (χ4n) is 1.90. The predicted octanol–water partition coefficient (Wildman–Crippen LogP) is 3.35. The number of ether oxygens (including phenoxy) is 1. The van der Waals surface area contributed by atoms with Crippen LogP contribution in [0.15, 0.2) is 30.3 Å². The molecule has 0 fully saturated rings. The molecular formula is C15H17F2N3O. The molecule has 0 amide bonds. The van der Waals surface area contributed by atoms with Crippen molar-refractivity contribution in [1.82, 2.24) is 9.97 Å². The number of nitrogens with zero attached hydrogens (tertiary/aromatic N) is 2. The van der Waals surface area contributed by atoms with Gasteiger partial charge in [0, 0.05) is 18.3 Å². The Balaban J connectivity index is 1.98. The van der Waals surface area contributed by atoms with E-state index in [4.69, 9.17) is 4.74 Å². The number of hydrogen-bond donors (Lipinski definition) is 1. The zero-order valence-electron chi connectivity index (χ0n) is 11.9. The minimum Gasteiger partial charge on any atom is -0.488 e. The van der Waals surface area contributed by atoms with Crippen molar-refractivity contribution in [3.8, 4) is 5.75 Å². The standard InChI is InChI=1S/C15H17F2N3O/c1-10-6-15(20-11(2)19-10)18-8-12-4-3-5-13(7-12)21-9-14(16)17/h3-7,14H,8-9H2,1-2H3,(H,18,19,20). The number of hydrogen-bond acceptors (Lipinski definition) is 4. The van der Waals surface area contributed by atoms with E-state index in [0.717, 1.165) is 17.1 Å². The van der Waals surface area contributed by atoms with E-state index in [1.54, 1.807) is 18.2 Å². The molecule has 112 valence electrons. The summed E-state index contributed by atoms with van der Waals surface area (Å²) < 4.78 is 29.2. The predicted molar refractivity (Wildman–Crippen MR) is 76.8 cm³/mol. The lowest BCUT2D eigenvalue weighted by Crippen LogP contribution is -2.08. The molecular weight excluding hydrogens is 276 g/mol. The van der Waals surface area contributed by atoms with Crippen LogP contribution in [0.3, 0.4) is 0 Å². The van der Waals surface area contributed by atoms with Crippen molar-refractivity contribution >= 4 is 5.82 Å². The molecule has 0 radical (unpaired) electrons. The molecule has 0 aliphatic heterocycles. The molecule has 21 heavy (non-hydrogen) atoms. The first-order valence-electron chi connectivity index (χ1n) is 6.59. The lowest BCUT2D eigenvalue weighted by atomic mass is 10.2. The molecule has 0 unspecified atom stereocenters. The Kier molecular flexibility index (Phi) is 5.03. The third kappa shape index (κ3) is 4.98. The van der Waals surface area contributed by atoms with E-state index >= 15 is 0 Å². The van der Waals surface area contributed by atoms with Crippen LogP contribution in [0.5, 0.6) is 5.75 Å². The first-order valence-corrected chi connectivity index (χ1v) is 6.59. The summed E-state index contributed by atoms with van der Waals surface area (Å²) >= 11 is 0. The molecule has 0 aliphatic rings. The van der Waals surface area contributed by atoms with Gasteiger partial charge in [-0.3, -0.25) is 0 Å². The lowest BCUT2D eigenvalue weighted by molar-refractivity contribution is 0.0818. The average molecular weight is 293 g/mol. The molecule has 1 heterocycles. The van der Waals surface area contributed by atoms with Gasteiger partial charge in [-0.05, 0) is 31.5 Å². The molecule has 0 aliphatic carbocycles. The first kappa shape index (κ1) is 15.2. The Hall–Kier alpha value is -2.24. The summed E-state index contributed by atoms with van der Waals surface area (Å²) in [4.78, 5) is 8.48. The van der Waals surface area contributed by atoms with Crippen LogP contribution in [0.4, 0.5) is 14.6 Å². The normalized spacial score (nSPS) is 10.7. The average Bonchev–Trinajstić information content (AvgIpc) is 2.42. The smallest absolute Gasteiger partial charge is 0.272 e. The van der Waals surface area contributed by atoms with E-state index in [1.807, 2.05) is 26.0 Å². The monoisotopic (exact) mass is 293 g/mol. The SMILES string of the molecule is Cc1cc(NCc2cccc(OCC(F)F)c2)nc(C)n1. The molecule has 6 heteroatoms. The maximum absolute atomic E-state index is 12.1. The molecule has 0 spiro atoms. The molecule has 0 saturated carbocycles. The second kappa shape index (κ2) is 6.97. The summed E-state index contributed by atoms with van der Waals surface area (Å²) in [7, 11) is 0. The minimum absolute atomic E-state index is 0.435. The Morgan fingerprint density at radius 2 is 2.00 bits per heavy atom. The van der Waals surface area contributed by atoms with E-state index in [9.17, 15) is 8.78 Å². The molecule has 1 N–H and O–H groups in total. The molecule has 1 aromatic heterocycles. The number of nitrogens with one attached hydrogen (secondary N) is 1. The topological polar surface area (TPSA) is 47.0 Å². The third-order valence-corrected chi connectivity index (χ3v) is 2.71. The van der Waals surface area contributed by atoms with Crippen molar-refractivity contribution in [2.75, 3.05) is 11.9 Å². The molecule has 2 aromatic rings. The summed E-state index contributed by atoms with van der Waals surface area (Å²) in [5, 5.41) is 3.18. The van der Waals surface area contributed by atoms with Crippen LogP contribution < -0.4 is 10.1 Å². The number of benzene rings is 1. The van der Waals surface area contributed by atoms with Gasteiger partial charge in [-0.15, -0.1) is 0 Å². The van der Waals surface area contributed by atoms with Gasteiger partial charge in [-0.25, -0.2) is 18.7 Å². The van der Waals surface area contributed by atoms with Crippen molar-refractivity contribution in [3.05, 3.63) is 47.4 Å². The summed E-state index contributed by atoms with van der Waals surface area (Å²) in [5.74, 6) is 1.87. The van der Waals surface area contributed by atoms with Crippen LogP contribution in [0.25, 0.3) is 0 Å². The van der Waals surface area contributed by atoms with E-state index in [-0.39, 0.29) is 0 Å². The van der Waals surface area contributed by atoms with Gasteiger partial charge in [0.05, 0.1) is 0 Å². The minimum atomic E-state index is -2.47. The van der Waals surface area contributed by atoms with Crippen molar-refractivity contribution in [2.24, 2.45) is 0 Å². The van der Waals surface area contributed by atoms with Gasteiger partial charge in [0.25, 0.3) is 6.43 Å². The highest BCUT2D eigenvalue weighted by atomic mass is 19.3. The van der Waals surface area contributed by atoms with Crippen LogP contribution in [-0.4, -0.2) is 23.0 Å². The lowest BCUT2D eigenvalue weighted by Gasteiger charge is -2.09. The number of aryl methyl sites for hydroxylation is 2. The van der Waals surface area contributed by atoms with E-state index in [2.05, 4.69) is 15.3 Å². The number of anilines is 1. The quantitative estimate of drug-likeness (QED) is 0.887. The first-order chi connectivity index (χ1) is 10.0. The largest absolute Gasteiger partial charge is 0.488 e. The van der Waals surface area contributed by atoms with Crippen LogP contribution in [0, 0.1) is 13.8 Å². The molecule has 2 rings (SSSR count). The van der Waals surface area contributed by atoms with E-state index in [1.165, 1.54) is 0 Å². The third-order valence-electron chi connectivity index (χ3n) is 2.71. The second-order valence-corrected chi connectivity index (χ2v) is 4.64. The number of rotatable bonds is 6. The van der Waals surface area contributed by atoms with Crippen molar-refractivity contribution < 1.29 is 13.5 Å². The summed E-state index contributed by atoms with van der Waals surface area (Å²) in [6, 6.07) is 8.91. The summed E-state index contributed by atoms with van der Waals surface area (Å²) in [5.41, 5.74) is 1.81. The summed E-state index contributed by atoms with van der Waals surface area (Å²) in [6.07, 6.45) is -2.47. The fraction of sp³-hybridized carbons (Fsp3) is 0.333. The molecule has 1 aromatic carbocycles. The number of alkyl halides is 2. The second-order valence-electron chi connectivity index (χ2n) is 4.64. The van der Waals surface area contributed by atoms with Crippen LogP contribution in [0.2, 0.25) is 0 Å². The van der Waals surface area contributed by atoms with E-state index in [0.29, 0.717) is 18.1 Å². The van der Waals surface area contributed by atoms with Gasteiger partial charge in [-0.1, -0.05) is 12.1 Å². The summed E-state index contributed by atoms with van der Waals surface area (Å²) in [6.45, 7) is 3.67. The molecule has 0 saturated heterocycles. The van der Waals surface area contributed by atoms with Gasteiger partial charge < -0.3 is 10.1 Å². The van der Waals surface area contributed by atoms with Gasteiger partial charge in [-0.2, -0.15) is 0 Å². The molecule has 4 nitrogen and oxygen atoms in total. The van der Waals surface area contributed by atoms with Gasteiger partial charge >= 0.3 is 0 Å². The van der Waals surface area contributed by atoms with E-state index < -0.39 is 13.0 Å². The zero-order valence-corrected chi connectivity index (χ0v) is 11.9. The maximum Gasteiger partial charge on any atom is 0.272 e.